The number of nitrogens with zero attached hydrogens (tertiary/aromatic N) is 2. The zero-order chi connectivity index (χ0) is 19.0. The van der Waals surface area contributed by atoms with Gasteiger partial charge < -0.3 is 9.64 Å². The van der Waals surface area contributed by atoms with Crippen LogP contribution in [0.4, 0.5) is 5.69 Å². The Morgan fingerprint density at radius 1 is 1.00 bits per heavy atom. The number of hydrogen-bond donors (Lipinski definition) is 0. The van der Waals surface area contributed by atoms with E-state index in [1.807, 2.05) is 47.4 Å². The molecular formula is C20H22N2O4S. The van der Waals surface area contributed by atoms with Crippen molar-refractivity contribution in [2.75, 3.05) is 30.1 Å². The van der Waals surface area contributed by atoms with Crippen LogP contribution in [0.3, 0.4) is 0 Å². The van der Waals surface area contributed by atoms with Gasteiger partial charge in [-0.25, -0.2) is 8.42 Å². The van der Waals surface area contributed by atoms with Crippen LogP contribution in [0.2, 0.25) is 0 Å². The lowest BCUT2D eigenvalue weighted by atomic mass is 10.0. The number of rotatable bonds is 4. The number of carbonyl (C=O) groups excluding carboxylic acids is 1. The molecule has 4 rings (SSSR count). The molecule has 0 aromatic heterocycles. The van der Waals surface area contributed by atoms with E-state index in [0.717, 1.165) is 5.56 Å². The first-order valence-electron chi connectivity index (χ1n) is 8.91. The van der Waals surface area contributed by atoms with E-state index in [9.17, 15) is 13.2 Å². The number of piperazine rings is 1. The molecule has 7 heteroatoms. The van der Waals surface area contributed by atoms with Gasteiger partial charge in [-0.2, -0.15) is 0 Å². The number of methoxy groups -OCH3 is 1. The van der Waals surface area contributed by atoms with Crippen LogP contribution >= 0.6 is 0 Å². The lowest BCUT2D eigenvalue weighted by Crippen LogP contribution is -2.61. The lowest BCUT2D eigenvalue weighted by Gasteiger charge is -2.43. The molecule has 1 amide bonds. The zero-order valence-electron chi connectivity index (χ0n) is 15.1. The minimum Gasteiger partial charge on any atom is -0.497 e. The van der Waals surface area contributed by atoms with Crippen LogP contribution in [0.1, 0.15) is 5.56 Å². The van der Waals surface area contributed by atoms with Crippen molar-refractivity contribution in [1.82, 2.24) is 4.90 Å². The van der Waals surface area contributed by atoms with Gasteiger partial charge in [0, 0.05) is 18.3 Å². The first-order valence-corrected chi connectivity index (χ1v) is 10.7. The van der Waals surface area contributed by atoms with Gasteiger partial charge in [-0.15, -0.1) is 0 Å². The molecule has 0 radical (unpaired) electrons. The highest BCUT2D eigenvalue weighted by molar-refractivity contribution is 7.91. The van der Waals surface area contributed by atoms with Crippen molar-refractivity contribution >= 4 is 21.4 Å². The standard InChI is InChI=1S/C20H22N2O4S/c1-26-17-9-7-16(8-10-17)22-19-14-27(24,25)13-18(19)21(12-20(22)23)11-15-5-3-2-4-6-15/h2-10,18-19H,11-14H2,1H3/t18-,19-/m0/s1. The second-order valence-electron chi connectivity index (χ2n) is 7.06. The van der Waals surface area contributed by atoms with Crippen molar-refractivity contribution in [2.45, 2.75) is 18.6 Å². The van der Waals surface area contributed by atoms with Gasteiger partial charge in [0.1, 0.15) is 5.75 Å². The molecule has 2 heterocycles. The molecule has 2 aliphatic heterocycles. The third-order valence-corrected chi connectivity index (χ3v) is 6.98. The minimum absolute atomic E-state index is 0.000720. The Morgan fingerprint density at radius 2 is 1.67 bits per heavy atom. The van der Waals surface area contributed by atoms with E-state index < -0.39 is 9.84 Å². The highest BCUT2D eigenvalue weighted by Gasteiger charge is 2.49. The molecule has 2 aliphatic rings. The topological polar surface area (TPSA) is 66.9 Å². The summed E-state index contributed by atoms with van der Waals surface area (Å²) in [6, 6.07) is 16.5. The molecule has 2 aromatic rings. The number of carbonyl (C=O) groups is 1. The van der Waals surface area contributed by atoms with Gasteiger partial charge in [0.25, 0.3) is 0 Å². The number of ether oxygens (including phenoxy) is 1. The Hall–Kier alpha value is -2.38. The minimum atomic E-state index is -3.19. The fourth-order valence-electron chi connectivity index (χ4n) is 4.03. The summed E-state index contributed by atoms with van der Waals surface area (Å²) in [6.07, 6.45) is 0. The summed E-state index contributed by atoms with van der Waals surface area (Å²) in [5, 5.41) is 0. The van der Waals surface area contributed by atoms with Crippen LogP contribution < -0.4 is 9.64 Å². The second kappa shape index (κ2) is 6.98. The molecule has 2 saturated heterocycles. The Kier molecular flexibility index (Phi) is 4.65. The first kappa shape index (κ1) is 18.0. The Morgan fingerprint density at radius 3 is 2.33 bits per heavy atom. The number of amides is 1. The molecule has 142 valence electrons. The number of anilines is 1. The van der Waals surface area contributed by atoms with Gasteiger partial charge in [-0.05, 0) is 29.8 Å². The molecule has 0 unspecified atom stereocenters. The smallest absolute Gasteiger partial charge is 0.241 e. The molecule has 2 atom stereocenters. The van der Waals surface area contributed by atoms with Gasteiger partial charge >= 0.3 is 0 Å². The van der Waals surface area contributed by atoms with Crippen LogP contribution in [0, 0.1) is 0 Å². The molecule has 2 fully saturated rings. The van der Waals surface area contributed by atoms with Crippen molar-refractivity contribution in [1.29, 1.82) is 0 Å². The van der Waals surface area contributed by atoms with Crippen LogP contribution in [-0.4, -0.2) is 56.5 Å². The lowest BCUT2D eigenvalue weighted by molar-refractivity contribution is -0.123. The van der Waals surface area contributed by atoms with Crippen LogP contribution in [0.25, 0.3) is 0 Å². The monoisotopic (exact) mass is 386 g/mol. The van der Waals surface area contributed by atoms with E-state index in [-0.39, 0.29) is 36.0 Å². The average molecular weight is 386 g/mol. The van der Waals surface area contributed by atoms with Gasteiger partial charge in [0.15, 0.2) is 9.84 Å². The normalized spacial score (nSPS) is 24.6. The van der Waals surface area contributed by atoms with Gasteiger partial charge in [0.2, 0.25) is 5.91 Å². The number of hydrogen-bond acceptors (Lipinski definition) is 5. The second-order valence-corrected chi connectivity index (χ2v) is 9.22. The maximum Gasteiger partial charge on any atom is 0.241 e. The Labute approximate surface area is 159 Å². The molecule has 0 N–H and O–H groups in total. The van der Waals surface area contributed by atoms with E-state index in [1.54, 1.807) is 24.1 Å². The molecule has 27 heavy (non-hydrogen) atoms. The quantitative estimate of drug-likeness (QED) is 0.800. The maximum absolute atomic E-state index is 13.0. The summed E-state index contributed by atoms with van der Waals surface area (Å²) in [5.74, 6) is 0.712. The van der Waals surface area contributed by atoms with Crippen molar-refractivity contribution in [2.24, 2.45) is 0 Å². The SMILES string of the molecule is COc1ccc(N2C(=O)CN(Cc3ccccc3)[C@H]3CS(=O)(=O)C[C@@H]32)cc1. The third kappa shape index (κ3) is 3.57. The van der Waals surface area contributed by atoms with E-state index in [0.29, 0.717) is 18.0 Å². The predicted molar refractivity (Wildman–Crippen MR) is 104 cm³/mol. The maximum atomic E-state index is 13.0. The predicted octanol–water partition coefficient (Wildman–Crippen LogP) is 1.71. The van der Waals surface area contributed by atoms with Gasteiger partial charge in [-0.3, -0.25) is 9.69 Å². The van der Waals surface area contributed by atoms with E-state index in [2.05, 4.69) is 0 Å². The van der Waals surface area contributed by atoms with Crippen molar-refractivity contribution in [3.63, 3.8) is 0 Å². The number of benzene rings is 2. The summed E-state index contributed by atoms with van der Waals surface area (Å²) >= 11 is 0. The molecule has 6 nitrogen and oxygen atoms in total. The molecule has 2 aromatic carbocycles. The van der Waals surface area contributed by atoms with E-state index >= 15 is 0 Å². The Balaban J connectivity index is 1.65. The molecule has 0 bridgehead atoms. The summed E-state index contributed by atoms with van der Waals surface area (Å²) in [7, 11) is -1.61. The highest BCUT2D eigenvalue weighted by Crippen LogP contribution is 2.33. The van der Waals surface area contributed by atoms with Crippen LogP contribution in [-0.2, 0) is 21.2 Å². The summed E-state index contributed by atoms with van der Waals surface area (Å²) in [5.41, 5.74) is 1.79. The van der Waals surface area contributed by atoms with Crippen LogP contribution in [0.5, 0.6) is 5.75 Å². The zero-order valence-corrected chi connectivity index (χ0v) is 15.9. The summed E-state index contributed by atoms with van der Waals surface area (Å²) in [4.78, 5) is 16.6. The average Bonchev–Trinajstić information content (AvgIpc) is 2.98. The van der Waals surface area contributed by atoms with E-state index in [4.69, 9.17) is 4.74 Å². The van der Waals surface area contributed by atoms with Gasteiger partial charge in [-0.1, -0.05) is 30.3 Å². The fraction of sp³-hybridized carbons (Fsp3) is 0.350. The fourth-order valence-corrected chi connectivity index (χ4v) is 6.01. The third-order valence-electron chi connectivity index (χ3n) is 5.28. The largest absolute Gasteiger partial charge is 0.497 e. The highest BCUT2D eigenvalue weighted by atomic mass is 32.2. The van der Waals surface area contributed by atoms with E-state index in [1.165, 1.54) is 0 Å². The van der Waals surface area contributed by atoms with Crippen molar-refractivity contribution in [3.8, 4) is 5.75 Å². The first-order chi connectivity index (χ1) is 13.0. The number of sulfone groups is 1. The van der Waals surface area contributed by atoms with Crippen molar-refractivity contribution < 1.29 is 17.9 Å². The Bertz CT molecular complexity index is 928. The van der Waals surface area contributed by atoms with Gasteiger partial charge in [0.05, 0.1) is 31.2 Å². The summed E-state index contributed by atoms with van der Waals surface area (Å²) < 4.78 is 30.0. The summed E-state index contributed by atoms with van der Waals surface area (Å²) in [6.45, 7) is 0.775. The number of fused-ring (bicyclic) bond motifs is 1. The molecule has 0 spiro atoms. The molecular weight excluding hydrogens is 364 g/mol. The molecule has 0 saturated carbocycles. The van der Waals surface area contributed by atoms with Crippen LogP contribution in [0.15, 0.2) is 54.6 Å². The molecule has 0 aliphatic carbocycles. The van der Waals surface area contributed by atoms with Crippen molar-refractivity contribution in [3.05, 3.63) is 60.2 Å².